The summed E-state index contributed by atoms with van der Waals surface area (Å²) in [6.45, 7) is 5.94. The average molecular weight is 395 g/mol. The number of nitrogens with zero attached hydrogens (tertiary/aromatic N) is 6. The zero-order valence-electron chi connectivity index (χ0n) is 15.7. The summed E-state index contributed by atoms with van der Waals surface area (Å²) < 4.78 is 4.21. The van der Waals surface area contributed by atoms with Crippen LogP contribution in [0.2, 0.25) is 0 Å². The number of carbonyl (C=O) groups is 2. The zero-order valence-corrected chi connectivity index (χ0v) is 16.6. The molecule has 0 aliphatic rings. The molecule has 0 aliphatic heterocycles. The third-order valence-electron chi connectivity index (χ3n) is 4.50. The first-order valence-electron chi connectivity index (χ1n) is 8.97. The number of carbonyl (C=O) groups excluding carboxylic acids is 2. The molecule has 0 aliphatic carbocycles. The summed E-state index contributed by atoms with van der Waals surface area (Å²) >= 11 is 1.35. The second kappa shape index (κ2) is 7.16. The van der Waals surface area contributed by atoms with Crippen molar-refractivity contribution in [3.8, 4) is 0 Å². The van der Waals surface area contributed by atoms with Gasteiger partial charge in [0.15, 0.2) is 22.3 Å². The van der Waals surface area contributed by atoms with E-state index in [1.54, 1.807) is 41.6 Å². The molecule has 9 heteroatoms. The molecular formula is C19H19N6O2S+. The molecule has 8 nitrogen and oxygen atoms in total. The lowest BCUT2D eigenvalue weighted by molar-refractivity contribution is -0.678. The minimum Gasteiger partial charge on any atom is -0.291 e. The van der Waals surface area contributed by atoms with Crippen LogP contribution in [0.5, 0.6) is 0 Å². The molecule has 4 rings (SSSR count). The molecule has 0 aromatic carbocycles. The number of thiazole rings is 1. The molecule has 0 N–H and O–H groups in total. The number of hydrogen-bond donors (Lipinski definition) is 0. The Bertz CT molecular complexity index is 1160. The summed E-state index contributed by atoms with van der Waals surface area (Å²) in [5.41, 5.74) is 1.26. The van der Waals surface area contributed by atoms with Crippen LogP contribution < -0.4 is 4.57 Å². The highest BCUT2D eigenvalue weighted by atomic mass is 32.1. The van der Waals surface area contributed by atoms with E-state index in [1.165, 1.54) is 15.9 Å². The molecule has 1 atom stereocenters. The largest absolute Gasteiger partial charge is 0.387 e. The van der Waals surface area contributed by atoms with Crippen molar-refractivity contribution in [1.82, 2.24) is 24.6 Å². The maximum atomic E-state index is 12.9. The van der Waals surface area contributed by atoms with Crippen molar-refractivity contribution < 1.29 is 14.2 Å². The van der Waals surface area contributed by atoms with Crippen LogP contribution in [0.15, 0.2) is 37.1 Å². The Hall–Kier alpha value is -3.07. The fourth-order valence-corrected chi connectivity index (χ4v) is 3.95. The highest BCUT2D eigenvalue weighted by Gasteiger charge is 2.26. The van der Waals surface area contributed by atoms with Crippen LogP contribution in [0.1, 0.15) is 41.1 Å². The highest BCUT2D eigenvalue weighted by molar-refractivity contribution is 7.20. The second-order valence-corrected chi connectivity index (χ2v) is 8.00. The van der Waals surface area contributed by atoms with Gasteiger partial charge in [0.05, 0.1) is 23.0 Å². The van der Waals surface area contributed by atoms with Crippen molar-refractivity contribution in [2.24, 2.45) is 11.8 Å². The predicted molar refractivity (Wildman–Crippen MR) is 103 cm³/mol. The first-order valence-corrected chi connectivity index (χ1v) is 9.78. The van der Waals surface area contributed by atoms with Gasteiger partial charge in [0.2, 0.25) is 6.33 Å². The van der Waals surface area contributed by atoms with E-state index in [9.17, 15) is 9.59 Å². The Morgan fingerprint density at radius 3 is 2.75 bits per heavy atom. The van der Waals surface area contributed by atoms with E-state index in [4.69, 9.17) is 0 Å². The van der Waals surface area contributed by atoms with Gasteiger partial charge in [-0.1, -0.05) is 25.3 Å². The minimum atomic E-state index is -0.322. The van der Waals surface area contributed by atoms with Crippen LogP contribution in [0.3, 0.4) is 0 Å². The van der Waals surface area contributed by atoms with Crippen LogP contribution in [0.4, 0.5) is 0 Å². The lowest BCUT2D eigenvalue weighted by atomic mass is 10.1. The molecule has 0 radical (unpaired) electrons. The van der Waals surface area contributed by atoms with Crippen LogP contribution in [-0.2, 0) is 6.54 Å². The summed E-state index contributed by atoms with van der Waals surface area (Å²) in [7, 11) is 0. The predicted octanol–water partition coefficient (Wildman–Crippen LogP) is 2.38. The molecule has 1 unspecified atom stereocenters. The van der Waals surface area contributed by atoms with Gasteiger partial charge in [-0.3, -0.25) is 14.6 Å². The van der Waals surface area contributed by atoms with Crippen molar-refractivity contribution >= 4 is 38.9 Å². The van der Waals surface area contributed by atoms with Gasteiger partial charge < -0.3 is 0 Å². The fraction of sp³-hybridized carbons (Fsp3) is 0.316. The summed E-state index contributed by atoms with van der Waals surface area (Å²) in [4.78, 5) is 38.1. The van der Waals surface area contributed by atoms with E-state index in [0.29, 0.717) is 23.0 Å². The van der Waals surface area contributed by atoms with Crippen molar-refractivity contribution in [3.05, 3.63) is 47.8 Å². The average Bonchev–Trinajstić information content (AvgIpc) is 3.30. The first-order chi connectivity index (χ1) is 13.5. The molecule has 0 fully saturated rings. The lowest BCUT2D eigenvalue weighted by Crippen LogP contribution is -2.39. The van der Waals surface area contributed by atoms with Crippen molar-refractivity contribution in [3.63, 3.8) is 0 Å². The number of pyridine rings is 1. The normalized spacial score (nSPS) is 12.7. The Balaban J connectivity index is 1.61. The number of rotatable bonds is 6. The lowest BCUT2D eigenvalue weighted by Gasteiger charge is -2.06. The van der Waals surface area contributed by atoms with E-state index >= 15 is 0 Å². The van der Waals surface area contributed by atoms with Crippen LogP contribution in [0, 0.1) is 11.8 Å². The van der Waals surface area contributed by atoms with Crippen molar-refractivity contribution in [2.45, 2.75) is 27.3 Å². The third kappa shape index (κ3) is 3.18. The van der Waals surface area contributed by atoms with E-state index in [-0.39, 0.29) is 23.4 Å². The molecular weight excluding hydrogens is 376 g/mol. The second-order valence-electron chi connectivity index (χ2n) is 6.97. The topological polar surface area (TPSA) is 94.0 Å². The monoisotopic (exact) mass is 395 g/mol. The van der Waals surface area contributed by atoms with Gasteiger partial charge >= 0.3 is 5.78 Å². The van der Waals surface area contributed by atoms with E-state index in [1.807, 2.05) is 20.8 Å². The van der Waals surface area contributed by atoms with Gasteiger partial charge in [0, 0.05) is 30.3 Å². The smallest absolute Gasteiger partial charge is 0.291 e. The number of aromatic nitrogens is 6. The molecule has 0 bridgehead atoms. The van der Waals surface area contributed by atoms with Crippen LogP contribution in [0.25, 0.3) is 16.0 Å². The third-order valence-corrected chi connectivity index (χ3v) is 5.52. The highest BCUT2D eigenvalue weighted by Crippen LogP contribution is 2.23. The number of Topliss-reactive ketones (excluding diaryl/α,β-unsaturated/α-hetero) is 2. The minimum absolute atomic E-state index is 0.00476. The molecule has 0 amide bonds. The number of fused-ring (bicyclic) bond motifs is 2. The Kier molecular flexibility index (Phi) is 4.68. The molecule has 0 saturated carbocycles. The SMILES string of the molecule is CC(C)C(=O)c1ccnc2n1nc[n+]2CC(C)C(=O)c1nc2ccncc2s1. The van der Waals surface area contributed by atoms with Crippen LogP contribution in [-0.4, -0.2) is 36.1 Å². The molecule has 0 spiro atoms. The van der Waals surface area contributed by atoms with Gasteiger partial charge in [-0.05, 0) is 11.2 Å². The van der Waals surface area contributed by atoms with Gasteiger partial charge in [0.25, 0.3) is 0 Å². The summed E-state index contributed by atoms with van der Waals surface area (Å²) in [5, 5.41) is 4.77. The molecule has 0 saturated heterocycles. The Labute approximate surface area is 164 Å². The molecule has 4 aromatic heterocycles. The first kappa shape index (κ1) is 18.3. The van der Waals surface area contributed by atoms with Gasteiger partial charge in [0.1, 0.15) is 0 Å². The van der Waals surface area contributed by atoms with Crippen LogP contribution >= 0.6 is 11.3 Å². The molecule has 28 heavy (non-hydrogen) atoms. The van der Waals surface area contributed by atoms with E-state index in [2.05, 4.69) is 20.1 Å². The number of ketones is 2. The molecule has 142 valence electrons. The quantitative estimate of drug-likeness (QED) is 0.367. The Morgan fingerprint density at radius 2 is 2.00 bits per heavy atom. The van der Waals surface area contributed by atoms with Gasteiger partial charge in [-0.2, -0.15) is 0 Å². The Morgan fingerprint density at radius 1 is 1.18 bits per heavy atom. The zero-order chi connectivity index (χ0) is 19.8. The van der Waals surface area contributed by atoms with Gasteiger partial charge in [-0.25, -0.2) is 9.55 Å². The van der Waals surface area contributed by atoms with Gasteiger partial charge in [-0.15, -0.1) is 16.3 Å². The van der Waals surface area contributed by atoms with Crippen molar-refractivity contribution in [2.75, 3.05) is 0 Å². The standard InChI is InChI=1S/C19H19N6O2S/c1-11(2)16(26)14-5-7-21-19-24(10-22-25(14)19)9-12(3)17(27)18-23-13-4-6-20-8-15(13)28-18/h4-8,10-12H,9H2,1-3H3/q+1. The molecule has 4 heterocycles. The number of hydrogen-bond acceptors (Lipinski definition) is 7. The van der Waals surface area contributed by atoms with Crippen molar-refractivity contribution in [1.29, 1.82) is 0 Å². The maximum absolute atomic E-state index is 12.9. The van der Waals surface area contributed by atoms with E-state index < -0.39 is 0 Å². The van der Waals surface area contributed by atoms with E-state index in [0.717, 1.165) is 10.2 Å². The summed E-state index contributed by atoms with van der Waals surface area (Å²) in [6.07, 6.45) is 6.57. The summed E-state index contributed by atoms with van der Waals surface area (Å²) in [6, 6.07) is 3.46. The summed E-state index contributed by atoms with van der Waals surface area (Å²) in [5.74, 6) is 0.0204. The fourth-order valence-electron chi connectivity index (χ4n) is 2.97. The maximum Gasteiger partial charge on any atom is 0.387 e. The molecule has 4 aromatic rings.